The fraction of sp³-hybridized carbons (Fsp3) is 0.500. The summed E-state index contributed by atoms with van der Waals surface area (Å²) in [7, 11) is 0. The second kappa shape index (κ2) is 8.03. The first-order valence-corrected chi connectivity index (χ1v) is 6.16. The van der Waals surface area contributed by atoms with Crippen molar-refractivity contribution >= 4 is 24.2 Å². The minimum atomic E-state index is 0. The molecule has 1 nitrogen and oxygen atoms in total. The first kappa shape index (κ1) is 14.8. The maximum absolute atomic E-state index is 6.05. The summed E-state index contributed by atoms with van der Waals surface area (Å²) in [5.41, 5.74) is 6.05. The zero-order valence-corrected chi connectivity index (χ0v) is 11.0. The smallest absolute Gasteiger partial charge is 0.0159 e. The van der Waals surface area contributed by atoms with Crippen LogP contribution in [-0.2, 0) is 0 Å². The Morgan fingerprint density at radius 1 is 1.27 bits per heavy atom. The van der Waals surface area contributed by atoms with Crippen molar-refractivity contribution in [2.45, 2.75) is 31.2 Å². The van der Waals surface area contributed by atoms with E-state index in [1.165, 1.54) is 4.90 Å². The van der Waals surface area contributed by atoms with Crippen molar-refractivity contribution < 1.29 is 0 Å². The highest BCUT2D eigenvalue weighted by Gasteiger charge is 2.10. The lowest BCUT2D eigenvalue weighted by Gasteiger charge is -2.17. The van der Waals surface area contributed by atoms with Crippen LogP contribution in [0, 0.1) is 5.92 Å². The number of halogens is 1. The Labute approximate surface area is 103 Å². The SMILES string of the molecule is CCC(C)C(N)CSc1ccccc1.Cl. The summed E-state index contributed by atoms with van der Waals surface area (Å²) in [5.74, 6) is 1.63. The van der Waals surface area contributed by atoms with E-state index in [0.717, 1.165) is 12.2 Å². The lowest BCUT2D eigenvalue weighted by Crippen LogP contribution is -2.30. The van der Waals surface area contributed by atoms with Gasteiger partial charge in [0.05, 0.1) is 0 Å². The molecule has 1 rings (SSSR count). The van der Waals surface area contributed by atoms with E-state index < -0.39 is 0 Å². The molecular weight excluding hydrogens is 226 g/mol. The van der Waals surface area contributed by atoms with Crippen LogP contribution in [0.5, 0.6) is 0 Å². The second-order valence-corrected chi connectivity index (χ2v) is 4.77. The van der Waals surface area contributed by atoms with E-state index in [-0.39, 0.29) is 12.4 Å². The zero-order chi connectivity index (χ0) is 10.4. The fourth-order valence-electron chi connectivity index (χ4n) is 1.18. The van der Waals surface area contributed by atoms with Crippen molar-refractivity contribution in [3.05, 3.63) is 30.3 Å². The Bertz CT molecular complexity index is 253. The Balaban J connectivity index is 0.00000196. The van der Waals surface area contributed by atoms with E-state index in [9.17, 15) is 0 Å². The average molecular weight is 246 g/mol. The maximum Gasteiger partial charge on any atom is 0.0159 e. The molecule has 0 saturated heterocycles. The minimum Gasteiger partial charge on any atom is -0.327 e. The molecule has 86 valence electrons. The molecule has 0 aliphatic carbocycles. The molecule has 0 amide bonds. The van der Waals surface area contributed by atoms with Crippen molar-refractivity contribution in [2.24, 2.45) is 11.7 Å². The number of benzene rings is 1. The van der Waals surface area contributed by atoms with Crippen LogP contribution in [-0.4, -0.2) is 11.8 Å². The third-order valence-electron chi connectivity index (χ3n) is 2.56. The van der Waals surface area contributed by atoms with E-state index in [4.69, 9.17) is 5.73 Å². The zero-order valence-electron chi connectivity index (χ0n) is 9.35. The van der Waals surface area contributed by atoms with E-state index in [0.29, 0.717) is 12.0 Å². The third-order valence-corrected chi connectivity index (χ3v) is 3.72. The molecule has 1 aromatic carbocycles. The van der Waals surface area contributed by atoms with Crippen molar-refractivity contribution in [3.8, 4) is 0 Å². The van der Waals surface area contributed by atoms with Crippen molar-refractivity contribution in [1.82, 2.24) is 0 Å². The Morgan fingerprint density at radius 2 is 1.87 bits per heavy atom. The number of rotatable bonds is 5. The molecule has 0 aromatic heterocycles. The molecule has 3 heteroatoms. The number of hydrogen-bond acceptors (Lipinski definition) is 2. The first-order chi connectivity index (χ1) is 6.74. The molecule has 2 N–H and O–H groups in total. The second-order valence-electron chi connectivity index (χ2n) is 3.67. The molecule has 0 spiro atoms. The molecule has 0 radical (unpaired) electrons. The Kier molecular flexibility index (Phi) is 7.93. The molecule has 0 aliphatic rings. The van der Waals surface area contributed by atoms with Gasteiger partial charge in [0.1, 0.15) is 0 Å². The Hall–Kier alpha value is -0.180. The van der Waals surface area contributed by atoms with Gasteiger partial charge in [-0.2, -0.15) is 0 Å². The van der Waals surface area contributed by atoms with Crippen LogP contribution in [0.2, 0.25) is 0 Å². The van der Waals surface area contributed by atoms with Crippen molar-refractivity contribution in [2.75, 3.05) is 5.75 Å². The quantitative estimate of drug-likeness (QED) is 0.803. The molecule has 0 aliphatic heterocycles. The number of nitrogens with two attached hydrogens (primary N) is 1. The number of thioether (sulfide) groups is 1. The van der Waals surface area contributed by atoms with Crippen LogP contribution in [0.1, 0.15) is 20.3 Å². The minimum absolute atomic E-state index is 0. The van der Waals surface area contributed by atoms with Crippen LogP contribution < -0.4 is 5.73 Å². The van der Waals surface area contributed by atoms with E-state index in [1.807, 2.05) is 17.8 Å². The molecule has 0 fully saturated rings. The molecule has 1 aromatic rings. The largest absolute Gasteiger partial charge is 0.327 e. The van der Waals surface area contributed by atoms with Crippen molar-refractivity contribution in [1.29, 1.82) is 0 Å². The Morgan fingerprint density at radius 3 is 2.40 bits per heavy atom. The van der Waals surface area contributed by atoms with Gasteiger partial charge in [-0.25, -0.2) is 0 Å². The molecule has 15 heavy (non-hydrogen) atoms. The highest BCUT2D eigenvalue weighted by molar-refractivity contribution is 7.99. The summed E-state index contributed by atoms with van der Waals surface area (Å²) in [6, 6.07) is 10.7. The predicted octanol–water partition coefficient (Wildman–Crippen LogP) is 3.57. The monoisotopic (exact) mass is 245 g/mol. The van der Waals surface area contributed by atoms with Crippen LogP contribution >= 0.6 is 24.2 Å². The van der Waals surface area contributed by atoms with E-state index in [2.05, 4.69) is 38.1 Å². The average Bonchev–Trinajstić information content (AvgIpc) is 2.26. The topological polar surface area (TPSA) is 26.0 Å². The van der Waals surface area contributed by atoms with Crippen LogP contribution in [0.15, 0.2) is 35.2 Å². The van der Waals surface area contributed by atoms with Crippen LogP contribution in [0.3, 0.4) is 0 Å². The lowest BCUT2D eigenvalue weighted by atomic mass is 10.0. The standard InChI is InChI=1S/C12H19NS.ClH/c1-3-10(2)12(13)9-14-11-7-5-4-6-8-11;/h4-8,10,12H,3,9,13H2,1-2H3;1H. The van der Waals surface area contributed by atoms with Gasteiger partial charge < -0.3 is 5.73 Å². The number of hydrogen-bond donors (Lipinski definition) is 1. The van der Waals surface area contributed by atoms with Crippen LogP contribution in [0.4, 0.5) is 0 Å². The summed E-state index contributed by atoms with van der Waals surface area (Å²) in [6.45, 7) is 4.41. The summed E-state index contributed by atoms with van der Waals surface area (Å²) in [4.78, 5) is 1.31. The third kappa shape index (κ3) is 5.45. The summed E-state index contributed by atoms with van der Waals surface area (Å²) in [6.07, 6.45) is 1.16. The van der Waals surface area contributed by atoms with Gasteiger partial charge in [0, 0.05) is 16.7 Å². The fourth-order valence-corrected chi connectivity index (χ4v) is 2.24. The molecule has 2 unspecified atom stereocenters. The van der Waals surface area contributed by atoms with Gasteiger partial charge >= 0.3 is 0 Å². The summed E-state index contributed by atoms with van der Waals surface area (Å²) in [5, 5.41) is 0. The lowest BCUT2D eigenvalue weighted by molar-refractivity contribution is 0.475. The van der Waals surface area contributed by atoms with Gasteiger partial charge in [-0.3, -0.25) is 0 Å². The highest BCUT2D eigenvalue weighted by atomic mass is 35.5. The first-order valence-electron chi connectivity index (χ1n) is 5.17. The molecule has 2 atom stereocenters. The van der Waals surface area contributed by atoms with E-state index in [1.54, 1.807) is 0 Å². The van der Waals surface area contributed by atoms with Gasteiger partial charge in [-0.05, 0) is 18.1 Å². The summed E-state index contributed by atoms with van der Waals surface area (Å²) >= 11 is 1.85. The highest BCUT2D eigenvalue weighted by Crippen LogP contribution is 2.20. The molecule has 0 heterocycles. The molecule has 0 saturated carbocycles. The molecule has 0 bridgehead atoms. The van der Waals surface area contributed by atoms with E-state index >= 15 is 0 Å². The summed E-state index contributed by atoms with van der Waals surface area (Å²) < 4.78 is 0. The van der Waals surface area contributed by atoms with Gasteiger partial charge in [0.15, 0.2) is 0 Å². The van der Waals surface area contributed by atoms with Gasteiger partial charge in [-0.15, -0.1) is 24.2 Å². The van der Waals surface area contributed by atoms with Gasteiger partial charge in [-0.1, -0.05) is 38.5 Å². The van der Waals surface area contributed by atoms with Gasteiger partial charge in [0.25, 0.3) is 0 Å². The molecular formula is C12H20ClNS. The van der Waals surface area contributed by atoms with Crippen molar-refractivity contribution in [3.63, 3.8) is 0 Å². The normalized spacial score (nSPS) is 14.1. The predicted molar refractivity (Wildman–Crippen MR) is 71.8 cm³/mol. The van der Waals surface area contributed by atoms with Crippen LogP contribution in [0.25, 0.3) is 0 Å². The maximum atomic E-state index is 6.05. The van der Waals surface area contributed by atoms with Gasteiger partial charge in [0.2, 0.25) is 0 Å².